The molecule has 0 saturated heterocycles. The van der Waals surface area contributed by atoms with E-state index in [-0.39, 0.29) is 0 Å². The van der Waals surface area contributed by atoms with Gasteiger partial charge in [-0.3, -0.25) is 0 Å². The molecule has 0 aliphatic heterocycles. The summed E-state index contributed by atoms with van der Waals surface area (Å²) in [7, 11) is 2.29. The zero-order valence-electron chi connectivity index (χ0n) is 14.3. The summed E-state index contributed by atoms with van der Waals surface area (Å²) < 4.78 is 0. The molecule has 2 nitrogen and oxygen atoms in total. The quantitative estimate of drug-likeness (QED) is 0.813. The van der Waals surface area contributed by atoms with E-state index < -0.39 is 0 Å². The lowest BCUT2D eigenvalue weighted by Gasteiger charge is -2.28. The van der Waals surface area contributed by atoms with Gasteiger partial charge in [0, 0.05) is 19.1 Å². The molecule has 2 heteroatoms. The Balaban J connectivity index is 2.01. The van der Waals surface area contributed by atoms with Gasteiger partial charge in [-0.1, -0.05) is 43.5 Å². The second-order valence-electron chi connectivity index (χ2n) is 6.84. The van der Waals surface area contributed by atoms with Crippen LogP contribution in [0, 0.1) is 19.8 Å². The maximum Gasteiger partial charge on any atom is 0.0451 e. The van der Waals surface area contributed by atoms with Crippen molar-refractivity contribution in [2.24, 2.45) is 5.92 Å². The van der Waals surface area contributed by atoms with Crippen molar-refractivity contribution >= 4 is 0 Å². The molecule has 0 radical (unpaired) electrons. The Morgan fingerprint density at radius 1 is 1.24 bits per heavy atom. The minimum atomic E-state index is 0.446. The van der Waals surface area contributed by atoms with Gasteiger partial charge in [0.05, 0.1) is 0 Å². The predicted molar refractivity (Wildman–Crippen MR) is 91.8 cm³/mol. The zero-order valence-corrected chi connectivity index (χ0v) is 14.3. The number of likely N-dealkylation sites (N-methyl/N-ethyl adjacent to an activating group) is 2. The Hall–Kier alpha value is -0.860. The summed E-state index contributed by atoms with van der Waals surface area (Å²) in [6.07, 6.45) is 5.73. The van der Waals surface area contributed by atoms with E-state index >= 15 is 0 Å². The highest BCUT2D eigenvalue weighted by atomic mass is 15.1. The number of nitrogens with zero attached hydrogens (tertiary/aromatic N) is 1. The van der Waals surface area contributed by atoms with E-state index in [0.29, 0.717) is 6.04 Å². The first-order valence-corrected chi connectivity index (χ1v) is 8.59. The molecule has 118 valence electrons. The Labute approximate surface area is 130 Å². The van der Waals surface area contributed by atoms with Crippen LogP contribution >= 0.6 is 0 Å². The van der Waals surface area contributed by atoms with Crippen LogP contribution in [-0.4, -0.2) is 31.6 Å². The normalized spacial score (nSPS) is 17.6. The summed E-state index contributed by atoms with van der Waals surface area (Å²) in [4.78, 5) is 2.53. The summed E-state index contributed by atoms with van der Waals surface area (Å²) in [5.74, 6) is 0.927. The monoisotopic (exact) mass is 288 g/mol. The highest BCUT2D eigenvalue weighted by Crippen LogP contribution is 2.26. The molecule has 1 aliphatic rings. The maximum atomic E-state index is 3.68. The molecule has 1 aromatic carbocycles. The van der Waals surface area contributed by atoms with Crippen molar-refractivity contribution in [3.05, 3.63) is 34.9 Å². The van der Waals surface area contributed by atoms with E-state index in [2.05, 4.69) is 56.2 Å². The highest BCUT2D eigenvalue weighted by Gasteiger charge is 2.20. The van der Waals surface area contributed by atoms with E-state index in [4.69, 9.17) is 0 Å². The molecule has 0 spiro atoms. The molecular formula is C19H32N2. The Morgan fingerprint density at radius 2 is 1.95 bits per heavy atom. The molecule has 1 unspecified atom stereocenters. The van der Waals surface area contributed by atoms with Crippen molar-refractivity contribution in [1.29, 1.82) is 0 Å². The molecule has 0 heterocycles. The van der Waals surface area contributed by atoms with Crippen LogP contribution in [0.4, 0.5) is 0 Å². The Morgan fingerprint density at radius 3 is 2.62 bits per heavy atom. The Bertz CT molecular complexity index is 435. The average molecular weight is 288 g/mol. The van der Waals surface area contributed by atoms with E-state index in [0.717, 1.165) is 19.0 Å². The molecule has 0 aromatic heterocycles. The third-order valence-electron chi connectivity index (χ3n) is 4.80. The van der Waals surface area contributed by atoms with Crippen LogP contribution in [0.3, 0.4) is 0 Å². The topological polar surface area (TPSA) is 15.3 Å². The number of rotatable bonds is 7. The van der Waals surface area contributed by atoms with E-state index in [1.54, 1.807) is 0 Å². The fourth-order valence-electron chi connectivity index (χ4n) is 3.67. The van der Waals surface area contributed by atoms with Crippen LogP contribution in [0.15, 0.2) is 18.2 Å². The summed E-state index contributed by atoms with van der Waals surface area (Å²) in [5, 5.41) is 3.68. The molecular weight excluding hydrogens is 256 g/mol. The van der Waals surface area contributed by atoms with Gasteiger partial charge >= 0.3 is 0 Å². The molecule has 1 N–H and O–H groups in total. The summed E-state index contributed by atoms with van der Waals surface area (Å²) in [6.45, 7) is 10.0. The minimum Gasteiger partial charge on any atom is -0.309 e. The van der Waals surface area contributed by atoms with Crippen LogP contribution in [0.2, 0.25) is 0 Å². The van der Waals surface area contributed by atoms with Gasteiger partial charge in [0.25, 0.3) is 0 Å². The molecule has 1 fully saturated rings. The number of hydrogen-bond acceptors (Lipinski definition) is 2. The van der Waals surface area contributed by atoms with Gasteiger partial charge in [-0.15, -0.1) is 0 Å². The fraction of sp³-hybridized carbons (Fsp3) is 0.684. The lowest BCUT2D eigenvalue weighted by Crippen LogP contribution is -2.35. The van der Waals surface area contributed by atoms with Crippen molar-refractivity contribution in [3.8, 4) is 0 Å². The number of benzene rings is 1. The lowest BCUT2D eigenvalue weighted by molar-refractivity contribution is 0.250. The molecule has 21 heavy (non-hydrogen) atoms. The van der Waals surface area contributed by atoms with Gasteiger partial charge in [-0.05, 0) is 57.3 Å². The number of aryl methyl sites for hydroxylation is 2. The van der Waals surface area contributed by atoms with Crippen LogP contribution in [0.25, 0.3) is 0 Å². The van der Waals surface area contributed by atoms with Crippen LogP contribution in [-0.2, 0) is 0 Å². The molecule has 1 atom stereocenters. The maximum absolute atomic E-state index is 3.68. The van der Waals surface area contributed by atoms with Gasteiger partial charge in [0.2, 0.25) is 0 Å². The SMILES string of the molecule is CCNC(CN(C)CC1CCCC1)c1cc(C)ccc1C. The first-order chi connectivity index (χ1) is 10.1. The summed E-state index contributed by atoms with van der Waals surface area (Å²) >= 11 is 0. The largest absolute Gasteiger partial charge is 0.309 e. The van der Waals surface area contributed by atoms with E-state index in [1.807, 2.05) is 0 Å². The summed E-state index contributed by atoms with van der Waals surface area (Å²) in [6, 6.07) is 7.27. The molecule has 1 aliphatic carbocycles. The van der Waals surface area contributed by atoms with Crippen molar-refractivity contribution in [3.63, 3.8) is 0 Å². The zero-order chi connectivity index (χ0) is 15.2. The van der Waals surface area contributed by atoms with Crippen LogP contribution < -0.4 is 5.32 Å². The second-order valence-corrected chi connectivity index (χ2v) is 6.84. The van der Waals surface area contributed by atoms with Gasteiger partial charge in [0.15, 0.2) is 0 Å². The predicted octanol–water partition coefficient (Wildman–Crippen LogP) is 4.08. The van der Waals surface area contributed by atoms with Gasteiger partial charge in [0.1, 0.15) is 0 Å². The van der Waals surface area contributed by atoms with Gasteiger partial charge in [-0.25, -0.2) is 0 Å². The van der Waals surface area contributed by atoms with E-state index in [1.165, 1.54) is 48.9 Å². The third kappa shape index (κ3) is 4.82. The lowest BCUT2D eigenvalue weighted by atomic mass is 9.98. The van der Waals surface area contributed by atoms with Crippen molar-refractivity contribution in [2.45, 2.75) is 52.5 Å². The molecule has 0 amide bonds. The second kappa shape index (κ2) is 7.95. The first-order valence-electron chi connectivity index (χ1n) is 8.59. The molecule has 0 bridgehead atoms. The minimum absolute atomic E-state index is 0.446. The number of hydrogen-bond donors (Lipinski definition) is 1. The molecule has 2 rings (SSSR count). The number of nitrogens with one attached hydrogen (secondary N) is 1. The Kier molecular flexibility index (Phi) is 6.25. The van der Waals surface area contributed by atoms with Crippen molar-refractivity contribution in [2.75, 3.05) is 26.7 Å². The highest BCUT2D eigenvalue weighted by molar-refractivity contribution is 5.33. The van der Waals surface area contributed by atoms with Crippen LogP contribution in [0.1, 0.15) is 55.3 Å². The van der Waals surface area contributed by atoms with Crippen molar-refractivity contribution in [1.82, 2.24) is 10.2 Å². The smallest absolute Gasteiger partial charge is 0.0451 e. The van der Waals surface area contributed by atoms with Gasteiger partial charge in [-0.2, -0.15) is 0 Å². The van der Waals surface area contributed by atoms with E-state index in [9.17, 15) is 0 Å². The summed E-state index contributed by atoms with van der Waals surface area (Å²) in [5.41, 5.74) is 4.23. The van der Waals surface area contributed by atoms with Gasteiger partial charge < -0.3 is 10.2 Å². The molecule has 1 saturated carbocycles. The third-order valence-corrected chi connectivity index (χ3v) is 4.80. The first kappa shape index (κ1) is 16.5. The van der Waals surface area contributed by atoms with Crippen molar-refractivity contribution < 1.29 is 0 Å². The fourth-order valence-corrected chi connectivity index (χ4v) is 3.67. The standard InChI is InChI=1S/C19H32N2/c1-5-20-19(18-12-15(2)10-11-16(18)3)14-21(4)13-17-8-6-7-9-17/h10-12,17,19-20H,5-9,13-14H2,1-4H3. The average Bonchev–Trinajstić information content (AvgIpc) is 2.94. The molecule has 1 aromatic rings. The van der Waals surface area contributed by atoms with Crippen LogP contribution in [0.5, 0.6) is 0 Å².